The van der Waals surface area contributed by atoms with Gasteiger partial charge in [-0.2, -0.15) is 0 Å². The summed E-state index contributed by atoms with van der Waals surface area (Å²) in [5.41, 5.74) is 9.64. The Bertz CT molecular complexity index is 3450. The van der Waals surface area contributed by atoms with E-state index in [4.69, 9.17) is 0 Å². The first-order valence-corrected chi connectivity index (χ1v) is 19.0. The quantitative estimate of drug-likeness (QED) is 0.175. The Morgan fingerprint density at radius 3 is 1.91 bits per heavy atom. The van der Waals surface area contributed by atoms with Crippen LogP contribution in [-0.2, 0) is 0 Å². The van der Waals surface area contributed by atoms with Crippen LogP contribution in [-0.4, -0.2) is 9.13 Å². The maximum Gasteiger partial charge on any atom is 0.0562 e. The van der Waals surface area contributed by atoms with Crippen molar-refractivity contribution in [1.82, 2.24) is 9.13 Å². The zero-order valence-corrected chi connectivity index (χ0v) is 29.4. The van der Waals surface area contributed by atoms with Crippen LogP contribution in [0.15, 0.2) is 182 Å². The van der Waals surface area contributed by atoms with Gasteiger partial charge in [0.1, 0.15) is 0 Å². The van der Waals surface area contributed by atoms with Gasteiger partial charge in [0, 0.05) is 53.1 Å². The van der Waals surface area contributed by atoms with Gasteiger partial charge in [0.05, 0.1) is 22.1 Å². The van der Waals surface area contributed by atoms with Gasteiger partial charge in [-0.1, -0.05) is 115 Å². The molecule has 12 rings (SSSR count). The Morgan fingerprint density at radius 1 is 0.321 bits per heavy atom. The van der Waals surface area contributed by atoms with Crippen molar-refractivity contribution in [1.29, 1.82) is 0 Å². The first kappa shape index (κ1) is 29.0. The van der Waals surface area contributed by atoms with Crippen molar-refractivity contribution in [2.75, 3.05) is 0 Å². The maximum atomic E-state index is 2.47. The lowest BCUT2D eigenvalue weighted by Crippen LogP contribution is -1.96. The van der Waals surface area contributed by atoms with Gasteiger partial charge in [0.2, 0.25) is 0 Å². The average Bonchev–Trinajstić information content (AvgIpc) is 3.86. The van der Waals surface area contributed by atoms with Gasteiger partial charge in [0.25, 0.3) is 0 Å². The summed E-state index contributed by atoms with van der Waals surface area (Å²) in [4.78, 5) is 0. The minimum Gasteiger partial charge on any atom is -0.309 e. The molecule has 53 heavy (non-hydrogen) atoms. The van der Waals surface area contributed by atoms with E-state index in [0.717, 1.165) is 11.4 Å². The second kappa shape index (κ2) is 10.9. The summed E-state index contributed by atoms with van der Waals surface area (Å²) in [6.45, 7) is 0. The Balaban J connectivity index is 1.15. The molecule has 2 nitrogen and oxygen atoms in total. The highest BCUT2D eigenvalue weighted by molar-refractivity contribution is 7.26. The van der Waals surface area contributed by atoms with E-state index in [2.05, 4.69) is 191 Å². The van der Waals surface area contributed by atoms with Gasteiger partial charge in [0.15, 0.2) is 0 Å². The van der Waals surface area contributed by atoms with Gasteiger partial charge in [-0.15, -0.1) is 11.3 Å². The van der Waals surface area contributed by atoms with Crippen LogP contribution >= 0.6 is 11.3 Å². The summed E-state index contributed by atoms with van der Waals surface area (Å²) >= 11 is 1.89. The second-order valence-corrected chi connectivity index (χ2v) is 15.2. The molecule has 12 aromatic rings. The molecule has 0 aliphatic heterocycles. The molecule has 0 spiro atoms. The standard InChI is InChI=1S/C50H30N2S/c1-2-16-35(17-3-1)51-44-25-24-31-12-6-7-19-37(31)49(44)41-29-40-39-20-8-9-22-43(39)52(45(40)30-46(41)51)36-18-10-15-34(26-36)38-21-11-23-47-50(38)42-27-32-13-4-5-14-33(32)28-48(42)53-47/h1-30H. The second-order valence-electron chi connectivity index (χ2n) is 14.1. The lowest BCUT2D eigenvalue weighted by Gasteiger charge is -2.12. The molecule has 0 saturated heterocycles. The third-order valence-electron chi connectivity index (χ3n) is 11.2. The molecule has 0 amide bonds. The Labute approximate surface area is 309 Å². The van der Waals surface area contributed by atoms with Crippen molar-refractivity contribution >= 4 is 96.7 Å². The van der Waals surface area contributed by atoms with Gasteiger partial charge in [-0.05, 0) is 99.4 Å². The van der Waals surface area contributed by atoms with Gasteiger partial charge < -0.3 is 9.13 Å². The lowest BCUT2D eigenvalue weighted by atomic mass is 9.98. The van der Waals surface area contributed by atoms with E-state index in [1.165, 1.54) is 96.5 Å². The van der Waals surface area contributed by atoms with Crippen LogP contribution in [0.4, 0.5) is 0 Å². The molecule has 0 bridgehead atoms. The summed E-state index contributed by atoms with van der Waals surface area (Å²) in [5, 5.41) is 12.8. The van der Waals surface area contributed by atoms with E-state index in [1.807, 2.05) is 11.3 Å². The fourth-order valence-corrected chi connectivity index (χ4v) is 10.1. The molecule has 3 heteroatoms. The fraction of sp³-hybridized carbons (Fsp3) is 0. The number of thiophene rings is 1. The van der Waals surface area contributed by atoms with Crippen LogP contribution in [0.25, 0.3) is 108 Å². The normalized spacial score (nSPS) is 12.2. The zero-order valence-electron chi connectivity index (χ0n) is 28.6. The van der Waals surface area contributed by atoms with Crippen LogP contribution in [0.2, 0.25) is 0 Å². The van der Waals surface area contributed by atoms with Crippen LogP contribution in [0.5, 0.6) is 0 Å². The number of hydrogen-bond donors (Lipinski definition) is 0. The number of aromatic nitrogens is 2. The number of para-hydroxylation sites is 2. The Kier molecular flexibility index (Phi) is 5.96. The van der Waals surface area contributed by atoms with Crippen molar-refractivity contribution < 1.29 is 0 Å². The predicted octanol–water partition coefficient (Wildman–Crippen LogP) is 14.2. The number of benzene rings is 9. The minimum atomic E-state index is 1.16. The van der Waals surface area contributed by atoms with E-state index in [1.54, 1.807) is 0 Å². The summed E-state index contributed by atoms with van der Waals surface area (Å²) in [7, 11) is 0. The van der Waals surface area contributed by atoms with Crippen LogP contribution in [0.1, 0.15) is 0 Å². The SMILES string of the molecule is c1ccc(-n2c3cc4c(cc3c3c5ccccc5ccc32)c2ccccc2n4-c2cccc(-c3cccc4sc5cc6ccccc6cc5c34)c2)cc1. The molecule has 0 saturated carbocycles. The first-order valence-electron chi connectivity index (χ1n) is 18.2. The van der Waals surface area contributed by atoms with Crippen molar-refractivity contribution in [2.45, 2.75) is 0 Å². The topological polar surface area (TPSA) is 9.86 Å². The smallest absolute Gasteiger partial charge is 0.0562 e. The molecule has 0 fully saturated rings. The lowest BCUT2D eigenvalue weighted by molar-refractivity contribution is 1.17. The molecule has 246 valence electrons. The largest absolute Gasteiger partial charge is 0.309 e. The summed E-state index contributed by atoms with van der Waals surface area (Å²) in [6.07, 6.45) is 0. The molecule has 9 aromatic carbocycles. The van der Waals surface area contributed by atoms with E-state index in [0.29, 0.717) is 0 Å². The molecule has 0 unspecified atom stereocenters. The monoisotopic (exact) mass is 690 g/mol. The molecular weight excluding hydrogens is 661 g/mol. The molecule has 0 aliphatic rings. The van der Waals surface area contributed by atoms with E-state index < -0.39 is 0 Å². The van der Waals surface area contributed by atoms with E-state index in [9.17, 15) is 0 Å². The number of rotatable bonds is 3. The third kappa shape index (κ3) is 4.14. The number of hydrogen-bond acceptors (Lipinski definition) is 1. The number of nitrogens with zero attached hydrogens (tertiary/aromatic N) is 2. The van der Waals surface area contributed by atoms with Gasteiger partial charge >= 0.3 is 0 Å². The predicted molar refractivity (Wildman–Crippen MR) is 228 cm³/mol. The highest BCUT2D eigenvalue weighted by Crippen LogP contribution is 2.44. The van der Waals surface area contributed by atoms with Gasteiger partial charge in [-0.3, -0.25) is 0 Å². The summed E-state index contributed by atoms with van der Waals surface area (Å²) < 4.78 is 7.56. The first-order chi connectivity index (χ1) is 26.3. The van der Waals surface area contributed by atoms with Gasteiger partial charge in [-0.25, -0.2) is 0 Å². The summed E-state index contributed by atoms with van der Waals surface area (Å²) in [5.74, 6) is 0. The molecule has 3 heterocycles. The maximum absolute atomic E-state index is 2.47. The fourth-order valence-electron chi connectivity index (χ4n) is 8.95. The van der Waals surface area contributed by atoms with E-state index in [-0.39, 0.29) is 0 Å². The van der Waals surface area contributed by atoms with Crippen LogP contribution in [0.3, 0.4) is 0 Å². The Morgan fingerprint density at radius 2 is 1.02 bits per heavy atom. The summed E-state index contributed by atoms with van der Waals surface area (Å²) in [6, 6.07) is 67.2. The molecule has 0 N–H and O–H groups in total. The molecular formula is C50H30N2S. The van der Waals surface area contributed by atoms with E-state index >= 15 is 0 Å². The molecule has 3 aromatic heterocycles. The Hall–Kier alpha value is -6.68. The van der Waals surface area contributed by atoms with Crippen molar-refractivity contribution in [3.8, 4) is 22.5 Å². The molecule has 0 radical (unpaired) electrons. The number of fused-ring (bicyclic) bond motifs is 12. The third-order valence-corrected chi connectivity index (χ3v) is 12.4. The van der Waals surface area contributed by atoms with Crippen molar-refractivity contribution in [3.05, 3.63) is 182 Å². The molecule has 0 atom stereocenters. The van der Waals surface area contributed by atoms with Crippen molar-refractivity contribution in [2.24, 2.45) is 0 Å². The molecule has 0 aliphatic carbocycles. The van der Waals surface area contributed by atoms with Crippen LogP contribution < -0.4 is 0 Å². The highest BCUT2D eigenvalue weighted by Gasteiger charge is 2.20. The highest BCUT2D eigenvalue weighted by atomic mass is 32.1. The van der Waals surface area contributed by atoms with Crippen molar-refractivity contribution in [3.63, 3.8) is 0 Å². The minimum absolute atomic E-state index is 1.16. The van der Waals surface area contributed by atoms with Crippen LogP contribution in [0, 0.1) is 0 Å². The average molecular weight is 691 g/mol. The zero-order chi connectivity index (χ0) is 34.6.